The molecule has 9 nitrogen and oxygen atoms in total. The number of halogens is 1. The van der Waals surface area contributed by atoms with Crippen LogP contribution in [0, 0.1) is 0 Å². The second-order valence-corrected chi connectivity index (χ2v) is 6.39. The maximum Gasteiger partial charge on any atom is 0.327 e. The standard InChI is InChI=1S/C18H17ClN4O5/c19-13-6-5-11(9-14(13)23-7-1-4-15(23)24)16(25)21-22-18(27)17(26)20-10-12-3-2-8-28-12/h2-3,5-6,8-9H,1,4,7,10H2,(H,20,26)(H,21,25)(H,22,27). The van der Waals surface area contributed by atoms with Gasteiger partial charge >= 0.3 is 11.8 Å². The van der Waals surface area contributed by atoms with Crippen LogP contribution in [0.3, 0.4) is 0 Å². The van der Waals surface area contributed by atoms with E-state index in [9.17, 15) is 19.2 Å². The summed E-state index contributed by atoms with van der Waals surface area (Å²) in [5.41, 5.74) is 4.79. The number of benzene rings is 1. The topological polar surface area (TPSA) is 121 Å². The molecule has 0 radical (unpaired) electrons. The summed E-state index contributed by atoms with van der Waals surface area (Å²) in [6.45, 7) is 0.563. The van der Waals surface area contributed by atoms with Crippen LogP contribution in [0.25, 0.3) is 0 Å². The van der Waals surface area contributed by atoms with Gasteiger partial charge < -0.3 is 14.6 Å². The monoisotopic (exact) mass is 404 g/mol. The fourth-order valence-corrected chi connectivity index (χ4v) is 2.89. The highest BCUT2D eigenvalue weighted by Crippen LogP contribution is 2.30. The number of hydrogen-bond donors (Lipinski definition) is 3. The number of carbonyl (C=O) groups excluding carboxylic acids is 4. The first kappa shape index (κ1) is 19.4. The Morgan fingerprint density at radius 1 is 1.14 bits per heavy atom. The molecule has 4 amide bonds. The van der Waals surface area contributed by atoms with E-state index in [0.717, 1.165) is 6.42 Å². The third-order valence-electron chi connectivity index (χ3n) is 4.07. The molecule has 10 heteroatoms. The Balaban J connectivity index is 1.56. The molecular weight excluding hydrogens is 388 g/mol. The molecule has 0 atom stereocenters. The van der Waals surface area contributed by atoms with Gasteiger partial charge in [-0.1, -0.05) is 11.6 Å². The summed E-state index contributed by atoms with van der Waals surface area (Å²) < 4.78 is 5.04. The van der Waals surface area contributed by atoms with Gasteiger partial charge in [0.15, 0.2) is 0 Å². The molecular formula is C18H17ClN4O5. The van der Waals surface area contributed by atoms with Crippen molar-refractivity contribution < 1.29 is 23.6 Å². The van der Waals surface area contributed by atoms with Crippen LogP contribution in [0.2, 0.25) is 5.02 Å². The highest BCUT2D eigenvalue weighted by molar-refractivity contribution is 6.35. The number of anilines is 1. The van der Waals surface area contributed by atoms with Gasteiger partial charge in [-0.05, 0) is 36.8 Å². The van der Waals surface area contributed by atoms with Crippen LogP contribution in [0.4, 0.5) is 5.69 Å². The minimum Gasteiger partial charge on any atom is -0.467 e. The van der Waals surface area contributed by atoms with E-state index in [2.05, 4.69) is 10.7 Å². The molecule has 1 fully saturated rings. The fraction of sp³-hybridized carbons (Fsp3) is 0.222. The number of hydrogen-bond acceptors (Lipinski definition) is 5. The second-order valence-electron chi connectivity index (χ2n) is 5.99. The highest BCUT2D eigenvalue weighted by atomic mass is 35.5. The summed E-state index contributed by atoms with van der Waals surface area (Å²) in [7, 11) is 0. The van der Waals surface area contributed by atoms with Crippen molar-refractivity contribution in [1.82, 2.24) is 16.2 Å². The van der Waals surface area contributed by atoms with Crippen LogP contribution in [0.5, 0.6) is 0 Å². The third-order valence-corrected chi connectivity index (χ3v) is 4.39. The number of nitrogens with zero attached hydrogens (tertiary/aromatic N) is 1. The Morgan fingerprint density at radius 3 is 2.64 bits per heavy atom. The van der Waals surface area contributed by atoms with Gasteiger partial charge in [-0.2, -0.15) is 0 Å². The summed E-state index contributed by atoms with van der Waals surface area (Å²) in [5.74, 6) is -2.21. The minimum atomic E-state index is -1.04. The molecule has 146 valence electrons. The predicted molar refractivity (Wildman–Crippen MR) is 99.2 cm³/mol. The average molecular weight is 405 g/mol. The number of rotatable bonds is 4. The Bertz CT molecular complexity index is 913. The van der Waals surface area contributed by atoms with Crippen molar-refractivity contribution in [1.29, 1.82) is 0 Å². The van der Waals surface area contributed by atoms with Crippen molar-refractivity contribution in [2.45, 2.75) is 19.4 Å². The molecule has 0 spiro atoms. The molecule has 2 heterocycles. The molecule has 1 aromatic carbocycles. The molecule has 1 aliphatic heterocycles. The first-order valence-corrected chi connectivity index (χ1v) is 8.84. The van der Waals surface area contributed by atoms with Gasteiger partial charge in [0.05, 0.1) is 23.5 Å². The number of furan rings is 1. The van der Waals surface area contributed by atoms with E-state index in [1.165, 1.54) is 29.4 Å². The van der Waals surface area contributed by atoms with E-state index in [0.29, 0.717) is 29.4 Å². The summed E-state index contributed by atoms with van der Waals surface area (Å²) in [5, 5.41) is 2.69. The maximum atomic E-state index is 12.3. The van der Waals surface area contributed by atoms with Crippen LogP contribution in [0.1, 0.15) is 29.0 Å². The van der Waals surface area contributed by atoms with Crippen LogP contribution >= 0.6 is 11.6 Å². The largest absolute Gasteiger partial charge is 0.467 e. The summed E-state index contributed by atoms with van der Waals surface area (Å²) in [4.78, 5) is 49.2. The highest BCUT2D eigenvalue weighted by Gasteiger charge is 2.24. The maximum absolute atomic E-state index is 12.3. The van der Waals surface area contributed by atoms with Gasteiger partial charge in [0.1, 0.15) is 5.76 Å². The van der Waals surface area contributed by atoms with E-state index in [1.807, 2.05) is 5.43 Å². The molecule has 0 saturated carbocycles. The Hall–Kier alpha value is -3.33. The van der Waals surface area contributed by atoms with E-state index < -0.39 is 17.7 Å². The zero-order valence-electron chi connectivity index (χ0n) is 14.7. The molecule has 1 saturated heterocycles. The fourth-order valence-electron chi connectivity index (χ4n) is 2.67. The number of nitrogens with one attached hydrogen (secondary N) is 3. The lowest BCUT2D eigenvalue weighted by atomic mass is 10.2. The van der Waals surface area contributed by atoms with Gasteiger partial charge in [-0.15, -0.1) is 0 Å². The summed E-state index contributed by atoms with van der Waals surface area (Å²) in [6, 6.07) is 7.70. The molecule has 2 aromatic rings. The van der Waals surface area contributed by atoms with E-state index in [4.69, 9.17) is 16.0 Å². The third kappa shape index (κ3) is 4.49. The predicted octanol–water partition coefficient (Wildman–Crippen LogP) is 1.14. The smallest absolute Gasteiger partial charge is 0.327 e. The molecule has 0 aliphatic carbocycles. The zero-order valence-corrected chi connectivity index (χ0v) is 15.4. The van der Waals surface area contributed by atoms with Crippen molar-refractivity contribution in [3.63, 3.8) is 0 Å². The number of carbonyl (C=O) groups is 4. The van der Waals surface area contributed by atoms with Crippen LogP contribution in [-0.2, 0) is 20.9 Å². The Morgan fingerprint density at radius 2 is 1.96 bits per heavy atom. The molecule has 1 aromatic heterocycles. The first-order chi connectivity index (χ1) is 13.5. The van der Waals surface area contributed by atoms with Gasteiger partial charge in [-0.3, -0.25) is 30.0 Å². The summed E-state index contributed by atoms with van der Waals surface area (Å²) >= 11 is 6.14. The quantitative estimate of drug-likeness (QED) is 0.521. The van der Waals surface area contributed by atoms with Gasteiger partial charge in [0, 0.05) is 18.5 Å². The summed E-state index contributed by atoms with van der Waals surface area (Å²) in [6.07, 6.45) is 2.59. The normalized spacial score (nSPS) is 13.3. The molecule has 0 unspecified atom stereocenters. The van der Waals surface area contributed by atoms with Gasteiger partial charge in [-0.25, -0.2) is 0 Å². The number of amides is 4. The van der Waals surface area contributed by atoms with Crippen LogP contribution < -0.4 is 21.1 Å². The van der Waals surface area contributed by atoms with Crippen molar-refractivity contribution in [2.24, 2.45) is 0 Å². The van der Waals surface area contributed by atoms with E-state index in [-0.39, 0.29) is 18.0 Å². The van der Waals surface area contributed by atoms with E-state index >= 15 is 0 Å². The average Bonchev–Trinajstić information content (AvgIpc) is 3.36. The zero-order chi connectivity index (χ0) is 20.1. The van der Waals surface area contributed by atoms with Gasteiger partial charge in [0.2, 0.25) is 5.91 Å². The molecule has 1 aliphatic rings. The lowest BCUT2D eigenvalue weighted by molar-refractivity contribution is -0.139. The molecule has 0 bridgehead atoms. The molecule has 28 heavy (non-hydrogen) atoms. The lowest BCUT2D eigenvalue weighted by Gasteiger charge is -2.18. The second kappa shape index (κ2) is 8.57. The SMILES string of the molecule is O=C(NCc1ccco1)C(=O)NNC(=O)c1ccc(Cl)c(N2CCCC2=O)c1. The lowest BCUT2D eigenvalue weighted by Crippen LogP contribution is -2.48. The van der Waals surface area contributed by atoms with Crippen molar-refractivity contribution in [3.05, 3.63) is 52.9 Å². The van der Waals surface area contributed by atoms with E-state index in [1.54, 1.807) is 12.1 Å². The molecule has 3 rings (SSSR count). The van der Waals surface area contributed by atoms with Crippen LogP contribution in [0.15, 0.2) is 41.0 Å². The van der Waals surface area contributed by atoms with Crippen LogP contribution in [-0.4, -0.2) is 30.2 Å². The van der Waals surface area contributed by atoms with Crippen molar-refractivity contribution >= 4 is 40.9 Å². The first-order valence-electron chi connectivity index (χ1n) is 8.46. The molecule has 3 N–H and O–H groups in total. The minimum absolute atomic E-state index is 0.0393. The Kier molecular flexibility index (Phi) is 5.95. The van der Waals surface area contributed by atoms with Crippen molar-refractivity contribution in [3.8, 4) is 0 Å². The Labute approximate surface area is 165 Å². The van der Waals surface area contributed by atoms with Gasteiger partial charge in [0.25, 0.3) is 5.91 Å². The van der Waals surface area contributed by atoms with Crippen molar-refractivity contribution in [2.75, 3.05) is 11.4 Å². The number of hydrazine groups is 1.